The summed E-state index contributed by atoms with van der Waals surface area (Å²) in [5.74, 6) is 0.961. The fraction of sp³-hybridized carbons (Fsp3) is 0.364. The summed E-state index contributed by atoms with van der Waals surface area (Å²) in [7, 11) is 2.02. The van der Waals surface area contributed by atoms with Crippen LogP contribution in [0, 0.1) is 6.92 Å². The average Bonchev–Trinajstić information content (AvgIpc) is 2.88. The van der Waals surface area contributed by atoms with Crippen molar-refractivity contribution in [3.63, 3.8) is 0 Å². The summed E-state index contributed by atoms with van der Waals surface area (Å²) in [6, 6.07) is 1.99. The highest BCUT2D eigenvalue weighted by Gasteiger charge is 2.09. The van der Waals surface area contributed by atoms with Gasteiger partial charge in [0.2, 0.25) is 0 Å². The lowest BCUT2D eigenvalue weighted by Gasteiger charge is -2.14. The molecule has 0 amide bonds. The first kappa shape index (κ1) is 11.2. The molecule has 2 N–H and O–H groups in total. The Bertz CT molecular complexity index is 463. The average molecular weight is 237 g/mol. The van der Waals surface area contributed by atoms with Crippen molar-refractivity contribution in [3.05, 3.63) is 34.7 Å². The van der Waals surface area contributed by atoms with Crippen LogP contribution in [0.5, 0.6) is 0 Å². The van der Waals surface area contributed by atoms with Gasteiger partial charge >= 0.3 is 0 Å². The van der Waals surface area contributed by atoms with Gasteiger partial charge in [-0.05, 0) is 13.0 Å². The second-order valence-electron chi connectivity index (χ2n) is 3.67. The highest BCUT2D eigenvalue weighted by molar-refractivity contribution is 7.15. The summed E-state index contributed by atoms with van der Waals surface area (Å²) in [5, 5.41) is 0.987. The lowest BCUT2D eigenvalue weighted by Crippen LogP contribution is -2.16. The first-order chi connectivity index (χ1) is 7.70. The molecule has 0 aliphatic carbocycles. The molecule has 4 nitrogen and oxygen atoms in total. The molecule has 0 aliphatic heterocycles. The van der Waals surface area contributed by atoms with Crippen molar-refractivity contribution in [1.29, 1.82) is 0 Å². The van der Waals surface area contributed by atoms with E-state index in [4.69, 9.17) is 10.2 Å². The molecule has 0 fully saturated rings. The molecule has 0 radical (unpaired) electrons. The van der Waals surface area contributed by atoms with Gasteiger partial charge in [-0.2, -0.15) is 0 Å². The van der Waals surface area contributed by atoms with E-state index in [-0.39, 0.29) is 0 Å². The number of thiazole rings is 1. The van der Waals surface area contributed by atoms with E-state index in [0.717, 1.165) is 22.3 Å². The van der Waals surface area contributed by atoms with Crippen LogP contribution in [0.2, 0.25) is 0 Å². The third-order valence-corrected chi connectivity index (χ3v) is 3.58. The van der Waals surface area contributed by atoms with Crippen LogP contribution < -0.4 is 10.6 Å². The van der Waals surface area contributed by atoms with Gasteiger partial charge in [0.1, 0.15) is 5.76 Å². The van der Waals surface area contributed by atoms with Crippen LogP contribution in [-0.2, 0) is 13.1 Å². The summed E-state index contributed by atoms with van der Waals surface area (Å²) in [6.45, 7) is 3.33. The van der Waals surface area contributed by atoms with E-state index in [1.807, 2.05) is 26.2 Å². The van der Waals surface area contributed by atoms with Gasteiger partial charge in [0.05, 0.1) is 6.26 Å². The Morgan fingerprint density at radius 3 is 2.94 bits per heavy atom. The molecule has 16 heavy (non-hydrogen) atoms. The lowest BCUT2D eigenvalue weighted by molar-refractivity contribution is 0.529. The van der Waals surface area contributed by atoms with Crippen molar-refractivity contribution in [2.24, 2.45) is 5.73 Å². The molecule has 2 aromatic heterocycles. The van der Waals surface area contributed by atoms with E-state index in [2.05, 4.69) is 9.88 Å². The fourth-order valence-electron chi connectivity index (χ4n) is 1.47. The molecule has 0 bridgehead atoms. The van der Waals surface area contributed by atoms with Gasteiger partial charge in [0.15, 0.2) is 5.13 Å². The standard InChI is InChI=1S/C11H15N3OS/c1-8-9(3-4-15-8)7-14(2)11-13-6-10(5-12)16-11/h3-4,6H,5,7,12H2,1-2H3. The number of aryl methyl sites for hydroxylation is 1. The van der Waals surface area contributed by atoms with Crippen molar-refractivity contribution < 1.29 is 4.42 Å². The van der Waals surface area contributed by atoms with Crippen LogP contribution >= 0.6 is 11.3 Å². The molecule has 0 atom stereocenters. The van der Waals surface area contributed by atoms with Gasteiger partial charge in [-0.25, -0.2) is 4.98 Å². The maximum Gasteiger partial charge on any atom is 0.185 e. The molecule has 0 aliphatic rings. The molecule has 0 saturated heterocycles. The molecular formula is C11H15N3OS. The number of nitrogens with zero attached hydrogens (tertiary/aromatic N) is 2. The largest absolute Gasteiger partial charge is 0.469 e. The van der Waals surface area contributed by atoms with Crippen molar-refractivity contribution in [2.45, 2.75) is 20.0 Å². The number of nitrogens with two attached hydrogens (primary N) is 1. The second kappa shape index (κ2) is 4.67. The molecule has 0 aromatic carbocycles. The zero-order valence-electron chi connectivity index (χ0n) is 9.43. The van der Waals surface area contributed by atoms with E-state index in [1.165, 1.54) is 5.56 Å². The Labute approximate surface area is 98.7 Å². The summed E-state index contributed by atoms with van der Waals surface area (Å²) >= 11 is 1.63. The number of anilines is 1. The Morgan fingerprint density at radius 1 is 1.56 bits per heavy atom. The van der Waals surface area contributed by atoms with E-state index in [0.29, 0.717) is 6.54 Å². The van der Waals surface area contributed by atoms with Crippen LogP contribution in [0.3, 0.4) is 0 Å². The Kier molecular flexibility index (Phi) is 3.26. The third-order valence-electron chi connectivity index (χ3n) is 2.44. The molecule has 86 valence electrons. The summed E-state index contributed by atoms with van der Waals surface area (Å²) in [6.07, 6.45) is 3.55. The summed E-state index contributed by atoms with van der Waals surface area (Å²) in [5.41, 5.74) is 6.75. The predicted octanol–water partition coefficient (Wildman–Crippen LogP) is 2.14. The summed E-state index contributed by atoms with van der Waals surface area (Å²) < 4.78 is 5.26. The molecule has 0 unspecified atom stereocenters. The van der Waals surface area contributed by atoms with Crippen LogP contribution in [0.15, 0.2) is 22.9 Å². The minimum atomic E-state index is 0.552. The number of aromatic nitrogens is 1. The first-order valence-corrected chi connectivity index (χ1v) is 5.91. The first-order valence-electron chi connectivity index (χ1n) is 5.09. The van der Waals surface area contributed by atoms with Gasteiger partial charge in [-0.3, -0.25) is 0 Å². The number of furan rings is 1. The highest BCUT2D eigenvalue weighted by Crippen LogP contribution is 2.23. The molecule has 2 heterocycles. The van der Waals surface area contributed by atoms with Crippen LogP contribution in [-0.4, -0.2) is 12.0 Å². The van der Waals surface area contributed by atoms with Crippen LogP contribution in [0.25, 0.3) is 0 Å². The van der Waals surface area contributed by atoms with Crippen molar-refractivity contribution in [3.8, 4) is 0 Å². The molecule has 0 spiro atoms. The van der Waals surface area contributed by atoms with Gasteiger partial charge < -0.3 is 15.1 Å². The van der Waals surface area contributed by atoms with E-state index >= 15 is 0 Å². The molecular weight excluding hydrogens is 222 g/mol. The van der Waals surface area contributed by atoms with E-state index < -0.39 is 0 Å². The zero-order valence-corrected chi connectivity index (χ0v) is 10.3. The van der Waals surface area contributed by atoms with Crippen molar-refractivity contribution in [2.75, 3.05) is 11.9 Å². The van der Waals surface area contributed by atoms with Gasteiger partial charge in [0.25, 0.3) is 0 Å². The van der Waals surface area contributed by atoms with Gasteiger partial charge in [-0.15, -0.1) is 11.3 Å². The fourth-order valence-corrected chi connectivity index (χ4v) is 2.22. The normalized spacial score (nSPS) is 10.7. The minimum Gasteiger partial charge on any atom is -0.469 e. The van der Waals surface area contributed by atoms with Crippen molar-refractivity contribution >= 4 is 16.5 Å². The van der Waals surface area contributed by atoms with Crippen LogP contribution in [0.4, 0.5) is 5.13 Å². The monoisotopic (exact) mass is 237 g/mol. The van der Waals surface area contributed by atoms with E-state index in [1.54, 1.807) is 17.6 Å². The molecule has 2 rings (SSSR count). The maximum absolute atomic E-state index is 5.56. The highest BCUT2D eigenvalue weighted by atomic mass is 32.1. The lowest BCUT2D eigenvalue weighted by atomic mass is 10.2. The SMILES string of the molecule is Cc1occc1CN(C)c1ncc(CN)s1. The zero-order chi connectivity index (χ0) is 11.5. The Hall–Kier alpha value is -1.33. The Morgan fingerprint density at radius 2 is 2.38 bits per heavy atom. The third kappa shape index (κ3) is 2.25. The smallest absolute Gasteiger partial charge is 0.185 e. The van der Waals surface area contributed by atoms with E-state index in [9.17, 15) is 0 Å². The van der Waals surface area contributed by atoms with Gasteiger partial charge in [0, 0.05) is 36.8 Å². The second-order valence-corrected chi connectivity index (χ2v) is 4.77. The molecule has 2 aromatic rings. The minimum absolute atomic E-state index is 0.552. The Balaban J connectivity index is 2.08. The number of rotatable bonds is 4. The predicted molar refractivity (Wildman–Crippen MR) is 65.6 cm³/mol. The molecule has 0 saturated carbocycles. The quantitative estimate of drug-likeness (QED) is 0.885. The molecule has 5 heteroatoms. The maximum atomic E-state index is 5.56. The summed E-state index contributed by atoms with van der Waals surface area (Å²) in [4.78, 5) is 7.53. The van der Waals surface area contributed by atoms with Crippen LogP contribution in [0.1, 0.15) is 16.2 Å². The topological polar surface area (TPSA) is 55.3 Å². The number of hydrogen-bond donors (Lipinski definition) is 1. The van der Waals surface area contributed by atoms with Gasteiger partial charge in [-0.1, -0.05) is 0 Å². The van der Waals surface area contributed by atoms with Crippen molar-refractivity contribution in [1.82, 2.24) is 4.98 Å². The number of hydrogen-bond acceptors (Lipinski definition) is 5.